The van der Waals surface area contributed by atoms with Gasteiger partial charge in [-0.2, -0.15) is 0 Å². The van der Waals surface area contributed by atoms with E-state index in [1.807, 2.05) is 36.4 Å². The van der Waals surface area contributed by atoms with Crippen LogP contribution in [0.2, 0.25) is 0 Å². The number of aryl methyl sites for hydroxylation is 1. The fourth-order valence-electron chi connectivity index (χ4n) is 1.81. The molecule has 0 atom stereocenters. The number of aromatic hydroxyl groups is 1. The molecule has 0 aliphatic rings. The zero-order chi connectivity index (χ0) is 17.7. The second kappa shape index (κ2) is 8.38. The second-order valence-electron chi connectivity index (χ2n) is 4.62. The lowest BCUT2D eigenvalue weighted by molar-refractivity contribution is -0.131. The van der Waals surface area contributed by atoms with Crippen molar-refractivity contribution >= 4 is 46.4 Å². The number of thioether (sulfide) groups is 1. The number of halogens is 1. The number of hydrogen-bond donors (Lipinski definition) is 3. The lowest BCUT2D eigenvalue weighted by Crippen LogP contribution is -1.98. The molecule has 0 bridgehead atoms. The van der Waals surface area contributed by atoms with E-state index in [0.29, 0.717) is 38.9 Å². The predicted molar refractivity (Wildman–Crippen MR) is 99.2 cm³/mol. The quantitative estimate of drug-likeness (QED) is 0.330. The summed E-state index contributed by atoms with van der Waals surface area (Å²) in [6.45, 7) is 4.13. The van der Waals surface area contributed by atoms with Crippen LogP contribution >= 0.6 is 34.4 Å². The zero-order valence-electron chi connectivity index (χ0n) is 13.0. The van der Waals surface area contributed by atoms with Gasteiger partial charge in [0, 0.05) is 6.42 Å². The number of hydrogen-bond acceptors (Lipinski definition) is 6. The van der Waals surface area contributed by atoms with Crippen LogP contribution < -0.4 is 4.74 Å². The van der Waals surface area contributed by atoms with Gasteiger partial charge in [0.1, 0.15) is 10.7 Å². The number of carboxylic acid groups (broad SMARTS) is 1. The van der Waals surface area contributed by atoms with Crippen molar-refractivity contribution < 1.29 is 19.7 Å². The normalized spacial score (nSPS) is 11.5. The summed E-state index contributed by atoms with van der Waals surface area (Å²) in [7, 11) is 0. The van der Waals surface area contributed by atoms with Crippen LogP contribution in [0, 0.1) is 3.57 Å². The number of phenols is 1. The Bertz CT molecular complexity index is 776. The van der Waals surface area contributed by atoms with Crippen LogP contribution in [-0.4, -0.2) is 38.0 Å². The molecule has 2 aromatic rings. The van der Waals surface area contributed by atoms with Crippen LogP contribution in [0.1, 0.15) is 25.2 Å². The summed E-state index contributed by atoms with van der Waals surface area (Å²) >= 11 is 2.93. The van der Waals surface area contributed by atoms with Crippen molar-refractivity contribution in [3.63, 3.8) is 0 Å². The summed E-state index contributed by atoms with van der Waals surface area (Å²) in [5, 5.41) is 26.5. The van der Waals surface area contributed by atoms with Crippen molar-refractivity contribution in [1.82, 2.24) is 15.2 Å². The van der Waals surface area contributed by atoms with Gasteiger partial charge in [-0.1, -0.05) is 6.92 Å². The molecule has 0 aliphatic heterocycles. The molecule has 0 amide bonds. The first-order valence-corrected chi connectivity index (χ1v) is 9.03. The highest BCUT2D eigenvalue weighted by atomic mass is 127. The molecule has 1 aromatic carbocycles. The number of benzene rings is 1. The van der Waals surface area contributed by atoms with Gasteiger partial charge < -0.3 is 14.9 Å². The Morgan fingerprint density at radius 2 is 2.21 bits per heavy atom. The fraction of sp³-hybridized carbons (Fsp3) is 0.267. The molecule has 24 heavy (non-hydrogen) atoms. The minimum atomic E-state index is -1.08. The van der Waals surface area contributed by atoms with Crippen LogP contribution in [0.5, 0.6) is 11.5 Å². The zero-order valence-corrected chi connectivity index (χ0v) is 16.0. The Morgan fingerprint density at radius 1 is 1.46 bits per heavy atom. The molecule has 0 radical (unpaired) electrons. The lowest BCUT2D eigenvalue weighted by atomic mass is 10.2. The SMILES string of the molecule is CCOc1cc(/C=C(\Sc2n[nH]c(CC)n2)C(=O)O)cc(I)c1O. The Balaban J connectivity index is 2.35. The van der Waals surface area contributed by atoms with Gasteiger partial charge in [-0.3, -0.25) is 5.10 Å². The number of aromatic nitrogens is 3. The van der Waals surface area contributed by atoms with Crippen molar-refractivity contribution in [3.8, 4) is 11.5 Å². The molecule has 0 saturated carbocycles. The van der Waals surface area contributed by atoms with Crippen molar-refractivity contribution in [2.45, 2.75) is 25.4 Å². The molecule has 9 heteroatoms. The number of phenolic OH excluding ortho intramolecular Hbond substituents is 1. The highest BCUT2D eigenvalue weighted by Crippen LogP contribution is 2.34. The lowest BCUT2D eigenvalue weighted by Gasteiger charge is -2.09. The number of ether oxygens (including phenoxy) is 1. The van der Waals surface area contributed by atoms with E-state index in [2.05, 4.69) is 15.2 Å². The van der Waals surface area contributed by atoms with E-state index < -0.39 is 5.97 Å². The molecule has 0 aliphatic carbocycles. The summed E-state index contributed by atoms with van der Waals surface area (Å²) in [5.74, 6) is -0.0267. The number of H-pyrrole nitrogens is 1. The topological polar surface area (TPSA) is 108 Å². The third kappa shape index (κ3) is 4.63. The van der Waals surface area contributed by atoms with Crippen molar-refractivity contribution in [1.29, 1.82) is 0 Å². The first-order valence-electron chi connectivity index (χ1n) is 7.14. The summed E-state index contributed by atoms with van der Waals surface area (Å²) in [6.07, 6.45) is 2.19. The predicted octanol–water partition coefficient (Wildman–Crippen LogP) is 3.29. The van der Waals surface area contributed by atoms with E-state index in [4.69, 9.17) is 4.74 Å². The highest BCUT2D eigenvalue weighted by Gasteiger charge is 2.15. The maximum absolute atomic E-state index is 11.5. The molecule has 0 unspecified atom stereocenters. The monoisotopic (exact) mass is 461 g/mol. The molecule has 128 valence electrons. The van der Waals surface area contributed by atoms with Crippen molar-refractivity contribution in [3.05, 3.63) is 32.0 Å². The number of nitrogens with one attached hydrogen (secondary N) is 1. The Labute approximate surface area is 156 Å². The Kier molecular flexibility index (Phi) is 6.49. The average molecular weight is 461 g/mol. The molecule has 1 aromatic heterocycles. The molecule has 0 spiro atoms. The van der Waals surface area contributed by atoms with E-state index in [0.717, 1.165) is 11.8 Å². The molecule has 3 N–H and O–H groups in total. The van der Waals surface area contributed by atoms with Crippen molar-refractivity contribution in [2.75, 3.05) is 6.61 Å². The minimum Gasteiger partial charge on any atom is -0.504 e. The number of aromatic amines is 1. The van der Waals surface area contributed by atoms with E-state index in [-0.39, 0.29) is 10.7 Å². The summed E-state index contributed by atoms with van der Waals surface area (Å²) in [5.41, 5.74) is 0.608. The van der Waals surface area contributed by atoms with Gasteiger partial charge in [0.15, 0.2) is 11.5 Å². The van der Waals surface area contributed by atoms with Crippen LogP contribution in [0.15, 0.2) is 22.2 Å². The van der Waals surface area contributed by atoms with E-state index in [1.54, 1.807) is 12.1 Å². The molecule has 0 saturated heterocycles. The standard InChI is InChI=1S/C15H16IN3O4S/c1-3-12-17-15(19-18-12)24-11(14(21)22)7-8-5-9(16)13(20)10(6-8)23-4-2/h5-7,20H,3-4H2,1-2H3,(H,21,22)(H,17,18,19)/b11-7-. The van der Waals surface area contributed by atoms with Crippen LogP contribution in [-0.2, 0) is 11.2 Å². The van der Waals surface area contributed by atoms with Crippen LogP contribution in [0.25, 0.3) is 6.08 Å². The van der Waals surface area contributed by atoms with Crippen molar-refractivity contribution in [2.24, 2.45) is 0 Å². The minimum absolute atomic E-state index is 0.0423. The number of aliphatic carboxylic acids is 1. The molecular formula is C15H16IN3O4S. The van der Waals surface area contributed by atoms with Gasteiger partial charge in [0.2, 0.25) is 5.16 Å². The summed E-state index contributed by atoms with van der Waals surface area (Å²) in [6, 6.07) is 3.28. The van der Waals surface area contributed by atoms with E-state index in [9.17, 15) is 15.0 Å². The van der Waals surface area contributed by atoms with Crippen LogP contribution in [0.4, 0.5) is 0 Å². The Hall–Kier alpha value is -1.75. The Morgan fingerprint density at radius 3 is 2.79 bits per heavy atom. The maximum atomic E-state index is 11.5. The highest BCUT2D eigenvalue weighted by molar-refractivity contribution is 14.1. The number of rotatable bonds is 7. The van der Waals surface area contributed by atoms with Gasteiger partial charge >= 0.3 is 5.97 Å². The summed E-state index contributed by atoms with van der Waals surface area (Å²) in [4.78, 5) is 15.8. The first-order chi connectivity index (χ1) is 11.4. The summed E-state index contributed by atoms with van der Waals surface area (Å²) < 4.78 is 5.94. The first kappa shape index (κ1) is 18.6. The molecule has 7 nitrogen and oxygen atoms in total. The van der Waals surface area contributed by atoms with Gasteiger partial charge in [-0.15, -0.1) is 5.10 Å². The second-order valence-corrected chi connectivity index (χ2v) is 6.79. The number of carboxylic acids is 1. The largest absolute Gasteiger partial charge is 0.504 e. The average Bonchev–Trinajstić information content (AvgIpc) is 2.99. The fourth-order valence-corrected chi connectivity index (χ4v) is 3.16. The van der Waals surface area contributed by atoms with Gasteiger partial charge in [-0.25, -0.2) is 9.78 Å². The van der Waals surface area contributed by atoms with Gasteiger partial charge in [0.05, 0.1) is 10.2 Å². The number of carbonyl (C=O) groups is 1. The van der Waals surface area contributed by atoms with Crippen LogP contribution in [0.3, 0.4) is 0 Å². The molecular weight excluding hydrogens is 445 g/mol. The third-order valence-corrected chi connectivity index (χ3v) is 4.61. The van der Waals surface area contributed by atoms with Gasteiger partial charge in [0.25, 0.3) is 0 Å². The van der Waals surface area contributed by atoms with E-state index >= 15 is 0 Å². The maximum Gasteiger partial charge on any atom is 0.342 e. The van der Waals surface area contributed by atoms with Gasteiger partial charge in [-0.05, 0) is 65.0 Å². The number of nitrogens with zero attached hydrogens (tertiary/aromatic N) is 2. The molecule has 2 rings (SSSR count). The third-order valence-electron chi connectivity index (χ3n) is 2.91. The van der Waals surface area contributed by atoms with E-state index in [1.165, 1.54) is 6.08 Å². The smallest absolute Gasteiger partial charge is 0.342 e. The molecule has 1 heterocycles. The molecule has 0 fully saturated rings.